The van der Waals surface area contributed by atoms with Crippen LogP contribution in [0.4, 0.5) is 0 Å². The molecular weight excluding hydrogens is 659 g/mol. The summed E-state index contributed by atoms with van der Waals surface area (Å²) in [4.78, 5) is 22.8. The Morgan fingerprint density at radius 3 is 1.15 bits per heavy atom. The first kappa shape index (κ1) is 56.2. The van der Waals surface area contributed by atoms with Gasteiger partial charge in [0.25, 0.3) is 12.9 Å². The zero-order valence-corrected chi connectivity index (χ0v) is 37.0. The second kappa shape index (κ2) is 53.0. The Kier molecular flexibility index (Phi) is 56.2. The maximum atomic E-state index is 10.3. The van der Waals surface area contributed by atoms with Gasteiger partial charge in [-0.1, -0.05) is 196 Å². The van der Waals surface area contributed by atoms with Crippen molar-refractivity contribution < 1.29 is 24.2 Å². The van der Waals surface area contributed by atoms with Crippen LogP contribution in [0.2, 0.25) is 0 Å². The molecule has 0 rings (SSSR count). The van der Waals surface area contributed by atoms with E-state index in [9.17, 15) is 9.59 Å². The maximum Gasteiger partial charge on any atom is 0.293 e. The van der Waals surface area contributed by atoms with E-state index in [1.807, 2.05) is 0 Å². The van der Waals surface area contributed by atoms with E-state index in [1.165, 1.54) is 206 Å². The third-order valence-electron chi connectivity index (χ3n) is 10.4. The zero-order chi connectivity index (χ0) is 39.7. The van der Waals surface area contributed by atoms with Gasteiger partial charge in [0.15, 0.2) is 0 Å². The number of aliphatic hydroxyl groups is 1. The number of hydrogen-bond donors (Lipinski definition) is 1. The van der Waals surface area contributed by atoms with E-state index in [4.69, 9.17) is 9.84 Å². The predicted octanol–water partition coefficient (Wildman–Crippen LogP) is 14.0. The summed E-state index contributed by atoms with van der Waals surface area (Å²) in [7, 11) is 0. The number of hydrogen-bond acceptors (Lipinski definition) is 6. The summed E-state index contributed by atoms with van der Waals surface area (Å²) in [5.41, 5.74) is 0. The number of unbranched alkanes of at least 4 members (excludes halogenated alkanes) is 22. The van der Waals surface area contributed by atoms with Crippen LogP contribution >= 0.6 is 0 Å². The van der Waals surface area contributed by atoms with E-state index in [-0.39, 0.29) is 0 Å². The van der Waals surface area contributed by atoms with Gasteiger partial charge >= 0.3 is 0 Å². The molecule has 0 saturated carbocycles. The van der Waals surface area contributed by atoms with Gasteiger partial charge in [-0.15, -0.1) is 0 Å². The molecule has 320 valence electrons. The van der Waals surface area contributed by atoms with Gasteiger partial charge in [0.2, 0.25) is 0 Å². The molecule has 53 heavy (non-hydrogen) atoms. The molecule has 6 nitrogen and oxygen atoms in total. The molecule has 0 aliphatic heterocycles. The monoisotopic (exact) mass is 756 g/mol. The lowest BCUT2D eigenvalue weighted by atomic mass is 9.95. The van der Waals surface area contributed by atoms with Gasteiger partial charge in [0.05, 0.1) is 13.2 Å². The normalized spacial score (nSPS) is 12.0. The average Bonchev–Trinajstić information content (AvgIpc) is 3.17. The fraction of sp³-hybridized carbons (Fsp3) is 0.957. The molecule has 0 amide bonds. The van der Waals surface area contributed by atoms with Crippen LogP contribution in [-0.2, 0) is 19.1 Å². The van der Waals surface area contributed by atoms with Crippen LogP contribution in [0.25, 0.3) is 0 Å². The average molecular weight is 756 g/mol. The highest BCUT2D eigenvalue weighted by Crippen LogP contribution is 2.19. The molecular formula is C47H97NO5. The van der Waals surface area contributed by atoms with Crippen LogP contribution < -0.4 is 0 Å². The van der Waals surface area contributed by atoms with E-state index in [1.54, 1.807) is 0 Å². The maximum absolute atomic E-state index is 10.3. The zero-order valence-electron chi connectivity index (χ0n) is 37.0. The van der Waals surface area contributed by atoms with Crippen LogP contribution in [0.15, 0.2) is 0 Å². The van der Waals surface area contributed by atoms with Crippen molar-refractivity contribution in [2.24, 2.45) is 11.8 Å². The van der Waals surface area contributed by atoms with E-state index >= 15 is 0 Å². The summed E-state index contributed by atoms with van der Waals surface area (Å²) in [5, 5.41) is 8.95. The first-order valence-electron chi connectivity index (χ1n) is 23.4. The molecule has 0 aliphatic carbocycles. The summed E-state index contributed by atoms with van der Waals surface area (Å²) in [6.07, 6.45) is 40.8. The molecule has 0 bridgehead atoms. The summed E-state index contributed by atoms with van der Waals surface area (Å²) < 4.78 is 9.64. The molecule has 0 aromatic heterocycles. The Hall–Kier alpha value is -1.14. The molecule has 0 aromatic carbocycles. The van der Waals surface area contributed by atoms with E-state index in [0.29, 0.717) is 44.6 Å². The molecule has 0 heterocycles. The number of aliphatic hydroxyl groups excluding tert-OH is 1. The van der Waals surface area contributed by atoms with Gasteiger partial charge in [-0.3, -0.25) is 9.59 Å². The van der Waals surface area contributed by atoms with Crippen molar-refractivity contribution in [3.8, 4) is 0 Å². The van der Waals surface area contributed by atoms with Gasteiger partial charge < -0.3 is 19.5 Å². The minimum Gasteiger partial charge on any atom is -0.468 e. The quantitative estimate of drug-likeness (QED) is 0.0495. The van der Waals surface area contributed by atoms with Crippen molar-refractivity contribution in [3.63, 3.8) is 0 Å². The van der Waals surface area contributed by atoms with E-state index in [2.05, 4.69) is 51.2 Å². The second-order valence-electron chi connectivity index (χ2n) is 15.9. The lowest BCUT2D eigenvalue weighted by Gasteiger charge is -2.22. The highest BCUT2D eigenvalue weighted by molar-refractivity contribution is 5.37. The lowest BCUT2D eigenvalue weighted by molar-refractivity contribution is -0.130. The van der Waals surface area contributed by atoms with Crippen LogP contribution in [0, 0.1) is 11.8 Å². The fourth-order valence-electron chi connectivity index (χ4n) is 6.78. The molecule has 1 N–H and O–H groups in total. The SMILES string of the molecule is CCCCCCC(C)COC=O.CCCCCCCCC(CCCCCC)COC=O.CCCCCCCCN(CCCCO)CCCCCCCC. The molecule has 0 fully saturated rings. The van der Waals surface area contributed by atoms with E-state index < -0.39 is 0 Å². The Morgan fingerprint density at radius 2 is 0.755 bits per heavy atom. The minimum absolute atomic E-state index is 0.349. The first-order chi connectivity index (χ1) is 26.0. The molecule has 2 unspecified atom stereocenters. The van der Waals surface area contributed by atoms with Gasteiger partial charge in [-0.25, -0.2) is 0 Å². The molecule has 0 saturated heterocycles. The summed E-state index contributed by atoms with van der Waals surface area (Å²) in [6.45, 7) is 19.8. The fourth-order valence-corrected chi connectivity index (χ4v) is 6.78. The third-order valence-corrected chi connectivity index (χ3v) is 10.4. The Balaban J connectivity index is -0.000000738. The Morgan fingerprint density at radius 1 is 0.434 bits per heavy atom. The number of rotatable bonds is 41. The first-order valence-corrected chi connectivity index (χ1v) is 23.4. The largest absolute Gasteiger partial charge is 0.468 e. The molecule has 0 aliphatic rings. The van der Waals surface area contributed by atoms with Crippen molar-refractivity contribution in [2.45, 2.75) is 241 Å². The van der Waals surface area contributed by atoms with Crippen LogP contribution in [0.1, 0.15) is 241 Å². The summed E-state index contributed by atoms with van der Waals surface area (Å²) in [6, 6.07) is 0. The summed E-state index contributed by atoms with van der Waals surface area (Å²) in [5.74, 6) is 1.11. The van der Waals surface area contributed by atoms with Gasteiger partial charge in [0, 0.05) is 6.61 Å². The van der Waals surface area contributed by atoms with Crippen LogP contribution in [0.5, 0.6) is 0 Å². The smallest absolute Gasteiger partial charge is 0.293 e. The third kappa shape index (κ3) is 53.0. The van der Waals surface area contributed by atoms with Crippen LogP contribution in [0.3, 0.4) is 0 Å². The van der Waals surface area contributed by atoms with Gasteiger partial charge in [-0.2, -0.15) is 0 Å². The Bertz CT molecular complexity index is 632. The minimum atomic E-state index is 0.349. The summed E-state index contributed by atoms with van der Waals surface area (Å²) >= 11 is 0. The molecule has 0 aromatic rings. The lowest BCUT2D eigenvalue weighted by Crippen LogP contribution is -2.27. The van der Waals surface area contributed by atoms with Crippen molar-refractivity contribution in [3.05, 3.63) is 0 Å². The predicted molar refractivity (Wildman–Crippen MR) is 232 cm³/mol. The molecule has 0 radical (unpaired) electrons. The van der Waals surface area contributed by atoms with Crippen LogP contribution in [-0.4, -0.2) is 62.4 Å². The number of carbonyl (C=O) groups excluding carboxylic acids is 2. The topological polar surface area (TPSA) is 76.1 Å². The molecule has 6 heteroatoms. The second-order valence-corrected chi connectivity index (χ2v) is 15.9. The van der Waals surface area contributed by atoms with Crippen molar-refractivity contribution in [2.75, 3.05) is 39.5 Å². The standard InChI is InChI=1S/C20H43NO.C17H34O2.C10H20O2/c1-3-5-7-9-11-13-17-21(19-15-16-20-22)18-14-12-10-8-6-4-2;1-3-5-7-9-10-12-14-17(15-19-16-18)13-11-8-6-4-2;1-3-4-5-6-7-10(2)8-12-9-11/h22H,3-20H2,1-2H3;16-17H,3-15H2,1-2H3;9-10H,3-8H2,1-2H3. The Labute approximate surface area is 333 Å². The van der Waals surface area contributed by atoms with Crippen molar-refractivity contribution >= 4 is 12.9 Å². The molecule has 2 atom stereocenters. The van der Waals surface area contributed by atoms with Crippen molar-refractivity contribution in [1.82, 2.24) is 4.90 Å². The number of nitrogens with zero attached hydrogens (tertiary/aromatic N) is 1. The van der Waals surface area contributed by atoms with E-state index in [0.717, 1.165) is 12.8 Å². The van der Waals surface area contributed by atoms with Gasteiger partial charge in [-0.05, 0) is 76.4 Å². The van der Waals surface area contributed by atoms with Gasteiger partial charge in [0.1, 0.15) is 0 Å². The highest BCUT2D eigenvalue weighted by atomic mass is 16.5. The number of ether oxygens (including phenoxy) is 2. The number of carbonyl (C=O) groups is 2. The molecule has 0 spiro atoms. The van der Waals surface area contributed by atoms with Crippen molar-refractivity contribution in [1.29, 1.82) is 0 Å². The highest BCUT2D eigenvalue weighted by Gasteiger charge is 2.09.